The maximum atomic E-state index is 11.9. The maximum absolute atomic E-state index is 11.9. The highest BCUT2D eigenvalue weighted by Crippen LogP contribution is 2.34. The molecule has 194 valence electrons. The SMILES string of the molecule is CC(Br)C(=O)Oc1ccc([S+](c2ccc(OC(=O)C(C)Br)cc2)c2ccc(OC(=O)C(C)Br)cc2)cc1. The van der Waals surface area contributed by atoms with Crippen LogP contribution in [0.3, 0.4) is 0 Å². The van der Waals surface area contributed by atoms with Crippen LogP contribution in [-0.2, 0) is 25.3 Å². The van der Waals surface area contributed by atoms with Crippen molar-refractivity contribution in [1.82, 2.24) is 0 Å². The smallest absolute Gasteiger partial charge is 0.324 e. The Morgan fingerprint density at radius 2 is 0.730 bits per heavy atom. The molecule has 10 heteroatoms. The molecule has 0 saturated carbocycles. The van der Waals surface area contributed by atoms with E-state index in [1.54, 1.807) is 57.2 Å². The number of halogens is 3. The first-order chi connectivity index (χ1) is 17.5. The summed E-state index contributed by atoms with van der Waals surface area (Å²) in [5.41, 5.74) is 0. The summed E-state index contributed by atoms with van der Waals surface area (Å²) in [6.45, 7) is 5.10. The molecule has 0 bridgehead atoms. The predicted octanol–water partition coefficient (Wildman–Crippen LogP) is 6.85. The summed E-state index contributed by atoms with van der Waals surface area (Å²) >= 11 is 9.64. The molecule has 3 unspecified atom stereocenters. The van der Waals surface area contributed by atoms with Crippen molar-refractivity contribution in [2.45, 2.75) is 49.9 Å². The number of alkyl halides is 3. The fraction of sp³-hybridized carbons (Fsp3) is 0.222. The number of ether oxygens (including phenoxy) is 3. The predicted molar refractivity (Wildman–Crippen MR) is 154 cm³/mol. The van der Waals surface area contributed by atoms with Crippen molar-refractivity contribution in [2.75, 3.05) is 0 Å². The van der Waals surface area contributed by atoms with E-state index >= 15 is 0 Å². The van der Waals surface area contributed by atoms with Crippen molar-refractivity contribution in [1.29, 1.82) is 0 Å². The lowest BCUT2D eigenvalue weighted by atomic mass is 10.3. The van der Waals surface area contributed by atoms with Gasteiger partial charge < -0.3 is 14.2 Å². The molecule has 0 aromatic heterocycles. The Kier molecular flexibility index (Phi) is 10.8. The molecular formula is C27H24Br3O6S+. The Bertz CT molecular complexity index is 1070. The van der Waals surface area contributed by atoms with Gasteiger partial charge in [0.1, 0.15) is 31.7 Å². The highest BCUT2D eigenvalue weighted by molar-refractivity contribution is 9.10. The van der Waals surface area contributed by atoms with Crippen molar-refractivity contribution in [2.24, 2.45) is 0 Å². The Morgan fingerprint density at radius 3 is 0.919 bits per heavy atom. The Labute approximate surface area is 243 Å². The molecule has 3 rings (SSSR count). The van der Waals surface area contributed by atoms with E-state index in [0.717, 1.165) is 14.7 Å². The zero-order valence-corrected chi connectivity index (χ0v) is 25.7. The van der Waals surface area contributed by atoms with Gasteiger partial charge in [-0.15, -0.1) is 0 Å². The van der Waals surface area contributed by atoms with Gasteiger partial charge in [-0.3, -0.25) is 14.4 Å². The van der Waals surface area contributed by atoms with E-state index in [0.29, 0.717) is 17.2 Å². The molecule has 0 aliphatic rings. The van der Waals surface area contributed by atoms with Crippen LogP contribution in [0.5, 0.6) is 17.2 Å². The fourth-order valence-electron chi connectivity index (χ4n) is 2.93. The van der Waals surface area contributed by atoms with Crippen LogP contribution in [-0.4, -0.2) is 32.4 Å². The van der Waals surface area contributed by atoms with E-state index in [-0.39, 0.29) is 17.9 Å². The minimum absolute atomic E-state index is 0.377. The number of benzene rings is 3. The van der Waals surface area contributed by atoms with Crippen LogP contribution in [0.15, 0.2) is 87.5 Å². The molecule has 0 amide bonds. The summed E-state index contributed by atoms with van der Waals surface area (Å²) in [6, 6.07) is 22.0. The van der Waals surface area contributed by atoms with Crippen LogP contribution in [0.2, 0.25) is 0 Å². The van der Waals surface area contributed by atoms with Crippen LogP contribution in [0.1, 0.15) is 20.8 Å². The van der Waals surface area contributed by atoms with Crippen molar-refractivity contribution in [3.05, 3.63) is 72.8 Å². The van der Waals surface area contributed by atoms with Crippen molar-refractivity contribution in [3.63, 3.8) is 0 Å². The van der Waals surface area contributed by atoms with E-state index in [2.05, 4.69) is 47.8 Å². The Morgan fingerprint density at radius 1 is 0.514 bits per heavy atom. The number of rotatable bonds is 9. The van der Waals surface area contributed by atoms with Gasteiger partial charge in [0.2, 0.25) is 0 Å². The molecule has 3 aromatic carbocycles. The molecule has 3 atom stereocenters. The summed E-state index contributed by atoms with van der Waals surface area (Å²) < 4.78 is 16.1. The van der Waals surface area contributed by atoms with Crippen molar-refractivity contribution in [3.8, 4) is 17.2 Å². The van der Waals surface area contributed by atoms with Gasteiger partial charge in [-0.2, -0.15) is 0 Å². The maximum Gasteiger partial charge on any atom is 0.324 e. The molecule has 0 saturated heterocycles. The molecule has 0 radical (unpaired) electrons. The van der Waals surface area contributed by atoms with Crippen LogP contribution < -0.4 is 14.2 Å². The van der Waals surface area contributed by atoms with Crippen molar-refractivity contribution >= 4 is 76.6 Å². The topological polar surface area (TPSA) is 78.9 Å². The van der Waals surface area contributed by atoms with E-state index in [4.69, 9.17) is 14.2 Å². The number of carbonyl (C=O) groups is 3. The zero-order valence-electron chi connectivity index (χ0n) is 20.2. The van der Waals surface area contributed by atoms with Crippen LogP contribution in [0, 0.1) is 0 Å². The van der Waals surface area contributed by atoms with Crippen LogP contribution in [0.25, 0.3) is 0 Å². The normalized spacial score (nSPS) is 14.1. The minimum Gasteiger partial charge on any atom is -0.426 e. The summed E-state index contributed by atoms with van der Waals surface area (Å²) in [6.07, 6.45) is 0. The molecule has 3 aromatic rings. The molecule has 6 nitrogen and oxygen atoms in total. The summed E-state index contributed by atoms with van der Waals surface area (Å²) in [7, 11) is -0.553. The first-order valence-corrected chi connectivity index (χ1v) is 15.1. The lowest BCUT2D eigenvalue weighted by Crippen LogP contribution is -2.17. The average molecular weight is 716 g/mol. The second kappa shape index (κ2) is 13.6. The zero-order chi connectivity index (χ0) is 27.1. The number of carbonyl (C=O) groups excluding carboxylic acids is 3. The van der Waals surface area contributed by atoms with Crippen LogP contribution >= 0.6 is 47.8 Å². The van der Waals surface area contributed by atoms with Gasteiger partial charge in [-0.1, -0.05) is 47.8 Å². The number of hydrogen-bond acceptors (Lipinski definition) is 6. The quantitative estimate of drug-likeness (QED) is 0.104. The average Bonchev–Trinajstić information content (AvgIpc) is 2.87. The standard InChI is InChI=1S/C27H24Br3O6S/c1-16(28)25(31)34-19-4-10-22(11-5-19)37(23-12-6-20(7-13-23)35-26(32)17(2)29)24-14-8-21(9-15-24)36-27(33)18(3)30/h4-18H,1-3H3/q+1. The molecule has 0 aliphatic heterocycles. The summed E-state index contributed by atoms with van der Waals surface area (Å²) in [4.78, 5) is 37.5. The molecule has 0 spiro atoms. The molecular weight excluding hydrogens is 692 g/mol. The molecule has 0 aliphatic carbocycles. The second-order valence-electron chi connectivity index (χ2n) is 7.83. The van der Waals surface area contributed by atoms with Gasteiger partial charge in [-0.25, -0.2) is 0 Å². The lowest BCUT2D eigenvalue weighted by Gasteiger charge is -2.11. The summed E-state index contributed by atoms with van der Waals surface area (Å²) in [5, 5.41) is 0. The Balaban J connectivity index is 1.93. The number of esters is 3. The van der Waals surface area contributed by atoms with E-state index in [9.17, 15) is 14.4 Å². The lowest BCUT2D eigenvalue weighted by molar-refractivity contribution is -0.134. The molecule has 0 heterocycles. The highest BCUT2D eigenvalue weighted by atomic mass is 79.9. The van der Waals surface area contributed by atoms with Crippen LogP contribution in [0.4, 0.5) is 0 Å². The third kappa shape index (κ3) is 8.43. The molecule has 0 N–H and O–H groups in total. The number of hydrogen-bond donors (Lipinski definition) is 0. The monoisotopic (exact) mass is 713 g/mol. The molecule has 0 fully saturated rings. The van der Waals surface area contributed by atoms with Crippen molar-refractivity contribution < 1.29 is 28.6 Å². The minimum atomic E-state index is -0.553. The second-order valence-corrected chi connectivity index (χ2v) is 14.0. The van der Waals surface area contributed by atoms with E-state index in [1.807, 2.05) is 36.4 Å². The van der Waals surface area contributed by atoms with Gasteiger partial charge >= 0.3 is 17.9 Å². The first kappa shape index (κ1) is 29.4. The third-order valence-corrected chi connectivity index (χ3v) is 8.16. The van der Waals surface area contributed by atoms with Gasteiger partial charge in [0.15, 0.2) is 14.7 Å². The summed E-state index contributed by atoms with van der Waals surface area (Å²) in [5.74, 6) is 0.204. The molecule has 37 heavy (non-hydrogen) atoms. The largest absolute Gasteiger partial charge is 0.426 e. The van der Waals surface area contributed by atoms with E-state index in [1.165, 1.54) is 0 Å². The van der Waals surface area contributed by atoms with Gasteiger partial charge in [0.25, 0.3) is 0 Å². The Hall–Kier alpha value is -2.14. The van der Waals surface area contributed by atoms with Gasteiger partial charge in [0, 0.05) is 0 Å². The van der Waals surface area contributed by atoms with Gasteiger partial charge in [0.05, 0.1) is 10.9 Å². The third-order valence-electron chi connectivity index (χ3n) is 4.81. The van der Waals surface area contributed by atoms with Gasteiger partial charge in [-0.05, 0) is 93.6 Å². The highest BCUT2D eigenvalue weighted by Gasteiger charge is 2.29. The van der Waals surface area contributed by atoms with E-state index < -0.39 is 25.4 Å². The fourth-order valence-corrected chi connectivity index (χ4v) is 5.25. The first-order valence-electron chi connectivity index (χ1n) is 11.2.